The number of sulfonamides is 1. The lowest BCUT2D eigenvalue weighted by Gasteiger charge is -2.13. The Kier molecular flexibility index (Phi) is 4.27. The van der Waals surface area contributed by atoms with Crippen molar-refractivity contribution in [2.75, 3.05) is 13.1 Å². The molecule has 1 aliphatic heterocycles. The molecule has 2 N–H and O–H groups in total. The highest BCUT2D eigenvalue weighted by molar-refractivity contribution is 7.89. The van der Waals surface area contributed by atoms with E-state index in [1.165, 1.54) is 0 Å². The summed E-state index contributed by atoms with van der Waals surface area (Å²) in [5, 5.41) is 3.50. The Hall–Kier alpha value is -0.620. The molecule has 0 aromatic heterocycles. The smallest absolute Gasteiger partial charge is 0.242 e. The van der Waals surface area contributed by atoms with Crippen molar-refractivity contribution in [3.8, 4) is 0 Å². The van der Waals surface area contributed by atoms with Crippen LogP contribution in [0.25, 0.3) is 0 Å². The molecule has 1 fully saturated rings. The third-order valence-electron chi connectivity index (χ3n) is 3.06. The molecule has 6 heteroatoms. The Balaban J connectivity index is 2.12. The highest BCUT2D eigenvalue weighted by Crippen LogP contribution is 2.22. The molecule has 2 rings (SSSR count). The molecule has 0 aliphatic carbocycles. The van der Waals surface area contributed by atoms with Crippen molar-refractivity contribution in [1.82, 2.24) is 10.0 Å². The summed E-state index contributed by atoms with van der Waals surface area (Å²) in [6.45, 7) is 3.21. The fraction of sp³-hybridized carbons (Fsp3) is 0.500. The number of hydrogen-bond donors (Lipinski definition) is 2. The average molecular weight is 289 g/mol. The quantitative estimate of drug-likeness (QED) is 0.886. The van der Waals surface area contributed by atoms with Gasteiger partial charge in [-0.05, 0) is 44.0 Å². The summed E-state index contributed by atoms with van der Waals surface area (Å²) in [4.78, 5) is 0.155. The minimum Gasteiger partial charge on any atom is -0.313 e. The Bertz CT molecular complexity index is 525. The molecule has 1 atom stereocenters. The normalized spacial score (nSPS) is 20.2. The number of halogens is 1. The zero-order valence-electron chi connectivity index (χ0n) is 10.2. The molecule has 0 bridgehead atoms. The first-order valence-corrected chi connectivity index (χ1v) is 7.84. The van der Waals surface area contributed by atoms with E-state index in [9.17, 15) is 8.42 Å². The number of benzene rings is 1. The molecule has 1 unspecified atom stereocenters. The van der Waals surface area contributed by atoms with Crippen molar-refractivity contribution in [3.05, 3.63) is 28.8 Å². The highest BCUT2D eigenvalue weighted by atomic mass is 35.5. The maximum Gasteiger partial charge on any atom is 0.242 e. The maximum absolute atomic E-state index is 12.1. The second kappa shape index (κ2) is 5.57. The van der Waals surface area contributed by atoms with Crippen molar-refractivity contribution in [2.45, 2.75) is 30.7 Å². The number of nitrogens with one attached hydrogen (secondary N) is 2. The van der Waals surface area contributed by atoms with Gasteiger partial charge in [0.05, 0.1) is 5.02 Å². The van der Waals surface area contributed by atoms with Crippen molar-refractivity contribution in [1.29, 1.82) is 0 Å². The summed E-state index contributed by atoms with van der Waals surface area (Å²) in [6, 6.07) is 5.22. The molecule has 0 amide bonds. The van der Waals surface area contributed by atoms with E-state index in [1.807, 2.05) is 6.92 Å². The molecule has 18 heavy (non-hydrogen) atoms. The van der Waals surface area contributed by atoms with Gasteiger partial charge in [0, 0.05) is 12.6 Å². The lowest BCUT2D eigenvalue weighted by atomic mass is 10.2. The fourth-order valence-corrected chi connectivity index (χ4v) is 3.70. The van der Waals surface area contributed by atoms with E-state index in [0.717, 1.165) is 24.9 Å². The summed E-state index contributed by atoms with van der Waals surface area (Å²) in [6.07, 6.45) is 2.10. The van der Waals surface area contributed by atoms with Gasteiger partial charge in [0.2, 0.25) is 10.0 Å². The van der Waals surface area contributed by atoms with Gasteiger partial charge >= 0.3 is 0 Å². The Morgan fingerprint density at radius 2 is 2.28 bits per heavy atom. The molecule has 1 aliphatic rings. The first-order chi connectivity index (χ1) is 8.49. The number of rotatable bonds is 4. The van der Waals surface area contributed by atoms with E-state index in [1.54, 1.807) is 18.2 Å². The zero-order valence-corrected chi connectivity index (χ0v) is 11.8. The standard InChI is InChI=1S/C12H17ClN2O2S/c1-9-4-5-11(13)12(7-9)18(16,17)15-8-10-3-2-6-14-10/h4-5,7,10,14-15H,2-3,6,8H2,1H3. The van der Waals surface area contributed by atoms with Gasteiger partial charge in [-0.3, -0.25) is 0 Å². The number of hydrogen-bond acceptors (Lipinski definition) is 3. The van der Waals surface area contributed by atoms with Crippen LogP contribution in [0, 0.1) is 6.92 Å². The molecule has 1 aromatic rings. The highest BCUT2D eigenvalue weighted by Gasteiger charge is 2.21. The van der Waals surface area contributed by atoms with E-state index in [4.69, 9.17) is 11.6 Å². The first kappa shape index (κ1) is 13.8. The minimum absolute atomic E-state index is 0.155. The molecule has 1 saturated heterocycles. The third-order valence-corrected chi connectivity index (χ3v) is 4.96. The summed E-state index contributed by atoms with van der Waals surface area (Å²) in [5.41, 5.74) is 0.874. The van der Waals surface area contributed by atoms with E-state index in [-0.39, 0.29) is 16.0 Å². The Labute approximate surface area is 113 Å². The van der Waals surface area contributed by atoms with E-state index in [2.05, 4.69) is 10.0 Å². The van der Waals surface area contributed by atoms with E-state index < -0.39 is 10.0 Å². The first-order valence-electron chi connectivity index (χ1n) is 5.98. The Morgan fingerprint density at radius 3 is 2.94 bits per heavy atom. The van der Waals surface area contributed by atoms with Gasteiger partial charge in [0.15, 0.2) is 0 Å². The van der Waals surface area contributed by atoms with Crippen molar-refractivity contribution in [2.24, 2.45) is 0 Å². The lowest BCUT2D eigenvalue weighted by molar-refractivity contribution is 0.552. The van der Waals surface area contributed by atoms with E-state index in [0.29, 0.717) is 6.54 Å². The third kappa shape index (κ3) is 3.23. The largest absolute Gasteiger partial charge is 0.313 e. The second-order valence-corrected chi connectivity index (χ2v) is 6.72. The topological polar surface area (TPSA) is 58.2 Å². The van der Waals surface area contributed by atoms with Gasteiger partial charge < -0.3 is 5.32 Å². The van der Waals surface area contributed by atoms with Gasteiger partial charge in [-0.25, -0.2) is 13.1 Å². The van der Waals surface area contributed by atoms with Gasteiger partial charge in [0.25, 0.3) is 0 Å². The van der Waals surface area contributed by atoms with Crippen molar-refractivity contribution >= 4 is 21.6 Å². The van der Waals surface area contributed by atoms with Crippen molar-refractivity contribution in [3.63, 3.8) is 0 Å². The summed E-state index contributed by atoms with van der Waals surface area (Å²) in [5.74, 6) is 0. The van der Waals surface area contributed by atoms with Crippen LogP contribution in [0.15, 0.2) is 23.1 Å². The molecule has 1 heterocycles. The van der Waals surface area contributed by atoms with Crippen molar-refractivity contribution < 1.29 is 8.42 Å². The molecular weight excluding hydrogens is 272 g/mol. The van der Waals surface area contributed by atoms with Crippen LogP contribution in [-0.4, -0.2) is 27.5 Å². The molecule has 1 aromatic carbocycles. The molecule has 4 nitrogen and oxygen atoms in total. The molecule has 0 spiro atoms. The predicted octanol–water partition coefficient (Wildman–Crippen LogP) is 1.68. The van der Waals surface area contributed by atoms with Crippen LogP contribution >= 0.6 is 11.6 Å². The van der Waals surface area contributed by atoms with Gasteiger partial charge in [-0.2, -0.15) is 0 Å². The SMILES string of the molecule is Cc1ccc(Cl)c(S(=O)(=O)NCC2CCCN2)c1. The van der Waals surface area contributed by atoms with Crippen LogP contribution in [0.3, 0.4) is 0 Å². The van der Waals surface area contributed by atoms with Gasteiger partial charge in [-0.15, -0.1) is 0 Å². The molecule has 0 saturated carbocycles. The molecular formula is C12H17ClN2O2S. The monoisotopic (exact) mass is 288 g/mol. The van der Waals surface area contributed by atoms with Crippen LogP contribution < -0.4 is 10.0 Å². The lowest BCUT2D eigenvalue weighted by Crippen LogP contribution is -2.37. The minimum atomic E-state index is -3.52. The van der Waals surface area contributed by atoms with Crippen LogP contribution in [0.4, 0.5) is 0 Å². The Morgan fingerprint density at radius 1 is 1.50 bits per heavy atom. The molecule has 0 radical (unpaired) electrons. The fourth-order valence-electron chi connectivity index (χ4n) is 2.04. The zero-order chi connectivity index (χ0) is 13.2. The number of aryl methyl sites for hydroxylation is 1. The van der Waals surface area contributed by atoms with Crippen LogP contribution in [0.5, 0.6) is 0 Å². The van der Waals surface area contributed by atoms with Gasteiger partial charge in [0.1, 0.15) is 4.90 Å². The summed E-state index contributed by atoms with van der Waals surface area (Å²) >= 11 is 5.94. The predicted molar refractivity (Wildman–Crippen MR) is 72.4 cm³/mol. The second-order valence-electron chi connectivity index (χ2n) is 4.58. The van der Waals surface area contributed by atoms with Crippen LogP contribution in [0.1, 0.15) is 18.4 Å². The summed E-state index contributed by atoms with van der Waals surface area (Å²) < 4.78 is 26.9. The van der Waals surface area contributed by atoms with E-state index >= 15 is 0 Å². The van der Waals surface area contributed by atoms with Gasteiger partial charge in [-0.1, -0.05) is 17.7 Å². The van der Waals surface area contributed by atoms with Crippen LogP contribution in [-0.2, 0) is 10.0 Å². The average Bonchev–Trinajstić information content (AvgIpc) is 2.83. The molecule has 100 valence electrons. The van der Waals surface area contributed by atoms with Crippen LogP contribution in [0.2, 0.25) is 5.02 Å². The summed E-state index contributed by atoms with van der Waals surface area (Å²) in [7, 11) is -3.52. The maximum atomic E-state index is 12.1.